The third-order valence-corrected chi connectivity index (χ3v) is 8.72. The molecule has 9 heteroatoms. The number of aromatic amines is 1. The minimum atomic E-state index is -1.18. The first-order chi connectivity index (χ1) is 20.5. The molecule has 1 aliphatic heterocycles. The SMILES string of the molecule is CCCCCCCCCCCCCCCC[n+]1ccccc1.OC[C@H]1OC(c2nc3c(Cl)c(Cl)ccc3[nH]2)[C@H](O)[C@@H]1O. The number of aliphatic hydroxyl groups is 3. The van der Waals surface area contributed by atoms with Crippen LogP contribution in [0.15, 0.2) is 42.7 Å². The maximum atomic E-state index is 9.96. The van der Waals surface area contributed by atoms with Crippen molar-refractivity contribution in [1.82, 2.24) is 9.97 Å². The smallest absolute Gasteiger partial charge is 0.168 e. The number of H-pyrrole nitrogens is 1. The van der Waals surface area contributed by atoms with Gasteiger partial charge in [-0.2, -0.15) is 0 Å². The number of halogens is 2. The Kier molecular flexibility index (Phi) is 16.1. The molecule has 2 aromatic heterocycles. The Balaban J connectivity index is 0.000000231. The summed E-state index contributed by atoms with van der Waals surface area (Å²) in [5, 5.41) is 29.4. The summed E-state index contributed by atoms with van der Waals surface area (Å²) < 4.78 is 7.69. The standard InChI is InChI=1S/C21H38N.C12H12Cl2N2O4/c1-2-3-4-5-6-7-8-9-10-11-12-13-14-16-19-22-20-17-15-18-21-22;13-4-1-2-5-8(7(4)14)16-12(15-5)11-10(19)9(18)6(3-17)20-11/h15,17-18,20-21H,2-14,16,19H2,1H3;1-2,6,9-11,17-19H,3H2,(H,15,16)/q+1;/t;6-,9-,10-,11?/m.1/s1. The van der Waals surface area contributed by atoms with Crippen LogP contribution in [0.2, 0.25) is 10.0 Å². The number of fused-ring (bicyclic) bond motifs is 1. The van der Waals surface area contributed by atoms with Crippen molar-refractivity contribution < 1.29 is 24.6 Å². The number of nitrogens with one attached hydrogen (secondary N) is 1. The van der Waals surface area contributed by atoms with E-state index in [1.165, 1.54) is 96.4 Å². The summed E-state index contributed by atoms with van der Waals surface area (Å²) in [5.41, 5.74) is 1.11. The number of aromatic nitrogens is 3. The minimum absolute atomic E-state index is 0.304. The fraction of sp³-hybridized carbons (Fsp3) is 0.636. The number of imidazole rings is 1. The van der Waals surface area contributed by atoms with Crippen molar-refractivity contribution in [2.75, 3.05) is 6.61 Å². The Labute approximate surface area is 261 Å². The van der Waals surface area contributed by atoms with Crippen molar-refractivity contribution in [3.8, 4) is 0 Å². The van der Waals surface area contributed by atoms with E-state index in [0.717, 1.165) is 0 Å². The number of aliphatic hydroxyl groups excluding tert-OH is 3. The molecule has 0 bridgehead atoms. The number of nitrogens with zero attached hydrogens (tertiary/aromatic N) is 2. The van der Waals surface area contributed by atoms with Crippen LogP contribution < -0.4 is 4.57 Å². The lowest BCUT2D eigenvalue weighted by Crippen LogP contribution is -2.32. The van der Waals surface area contributed by atoms with Crippen molar-refractivity contribution in [3.63, 3.8) is 0 Å². The van der Waals surface area contributed by atoms with Gasteiger partial charge in [0.1, 0.15) is 42.3 Å². The number of unbranched alkanes of at least 4 members (excludes halogenated alkanes) is 13. The normalized spacial score (nSPS) is 20.1. The molecular formula is C33H50Cl2N3O4+. The molecule has 1 aromatic carbocycles. The van der Waals surface area contributed by atoms with Crippen molar-refractivity contribution in [3.05, 3.63) is 58.6 Å². The van der Waals surface area contributed by atoms with E-state index in [1.807, 2.05) is 0 Å². The summed E-state index contributed by atoms with van der Waals surface area (Å²) in [7, 11) is 0. The molecule has 0 amide bonds. The van der Waals surface area contributed by atoms with Crippen LogP contribution in [0.1, 0.15) is 109 Å². The van der Waals surface area contributed by atoms with Gasteiger partial charge in [-0.1, -0.05) is 113 Å². The third-order valence-electron chi connectivity index (χ3n) is 7.92. The number of benzene rings is 1. The number of pyridine rings is 1. The molecule has 0 radical (unpaired) electrons. The summed E-state index contributed by atoms with van der Waals surface area (Å²) in [5.74, 6) is 0.326. The highest BCUT2D eigenvalue weighted by atomic mass is 35.5. The molecule has 234 valence electrons. The van der Waals surface area contributed by atoms with Crippen molar-refractivity contribution in [2.45, 2.75) is 128 Å². The molecule has 7 nitrogen and oxygen atoms in total. The molecule has 4 rings (SSSR count). The zero-order chi connectivity index (χ0) is 30.2. The molecule has 0 saturated carbocycles. The molecule has 42 heavy (non-hydrogen) atoms. The first kappa shape index (κ1) is 34.7. The van der Waals surface area contributed by atoms with Crippen molar-refractivity contribution in [2.24, 2.45) is 0 Å². The average Bonchev–Trinajstić information content (AvgIpc) is 3.57. The molecule has 3 heterocycles. The summed E-state index contributed by atoms with van der Waals surface area (Å²) >= 11 is 12.0. The number of hydrogen-bond acceptors (Lipinski definition) is 5. The van der Waals surface area contributed by atoms with Crippen LogP contribution >= 0.6 is 23.2 Å². The van der Waals surface area contributed by atoms with Gasteiger partial charge in [0.2, 0.25) is 0 Å². The second kappa shape index (κ2) is 19.5. The van der Waals surface area contributed by atoms with Gasteiger partial charge in [-0.15, -0.1) is 0 Å². The largest absolute Gasteiger partial charge is 0.394 e. The summed E-state index contributed by atoms with van der Waals surface area (Å²) in [6, 6.07) is 9.65. The van der Waals surface area contributed by atoms with Crippen LogP contribution in [0.25, 0.3) is 11.0 Å². The number of aryl methyl sites for hydroxylation is 1. The predicted molar refractivity (Wildman–Crippen MR) is 170 cm³/mol. The molecular weight excluding hydrogens is 573 g/mol. The third kappa shape index (κ3) is 11.1. The summed E-state index contributed by atoms with van der Waals surface area (Å²) in [4.78, 5) is 7.23. The Morgan fingerprint density at radius 1 is 0.810 bits per heavy atom. The van der Waals surface area contributed by atoms with Crippen LogP contribution in [0.5, 0.6) is 0 Å². The monoisotopic (exact) mass is 622 g/mol. The molecule has 1 aliphatic rings. The topological polar surface area (TPSA) is 102 Å². The van der Waals surface area contributed by atoms with Gasteiger partial charge in [-0.25, -0.2) is 9.55 Å². The molecule has 1 fully saturated rings. The molecule has 1 unspecified atom stereocenters. The van der Waals surface area contributed by atoms with E-state index in [2.05, 4.69) is 52.1 Å². The zero-order valence-electron chi connectivity index (χ0n) is 25.1. The molecule has 1 saturated heterocycles. The summed E-state index contributed by atoms with van der Waals surface area (Å²) in [6.07, 6.45) is 20.4. The van der Waals surface area contributed by atoms with Gasteiger partial charge in [0, 0.05) is 18.6 Å². The number of ether oxygens (including phenoxy) is 1. The highest BCUT2D eigenvalue weighted by molar-refractivity contribution is 6.44. The van der Waals surface area contributed by atoms with E-state index < -0.39 is 24.4 Å². The lowest BCUT2D eigenvalue weighted by atomic mass is 10.0. The predicted octanol–water partition coefficient (Wildman–Crippen LogP) is 7.48. The Hall–Kier alpha value is -1.74. The second-order valence-electron chi connectivity index (χ2n) is 11.3. The minimum Gasteiger partial charge on any atom is -0.394 e. The zero-order valence-corrected chi connectivity index (χ0v) is 26.6. The Bertz CT molecular complexity index is 1150. The lowest BCUT2D eigenvalue weighted by Gasteiger charge is -2.11. The van der Waals surface area contributed by atoms with Gasteiger partial charge in [0.25, 0.3) is 0 Å². The van der Waals surface area contributed by atoms with Crippen LogP contribution in [0.3, 0.4) is 0 Å². The lowest BCUT2D eigenvalue weighted by molar-refractivity contribution is -0.697. The highest BCUT2D eigenvalue weighted by Crippen LogP contribution is 2.35. The quantitative estimate of drug-likeness (QED) is 0.0923. The van der Waals surface area contributed by atoms with Gasteiger partial charge >= 0.3 is 0 Å². The van der Waals surface area contributed by atoms with E-state index in [-0.39, 0.29) is 6.61 Å². The van der Waals surface area contributed by atoms with Crippen LogP contribution in [-0.2, 0) is 11.3 Å². The molecule has 0 aliphatic carbocycles. The average molecular weight is 624 g/mol. The number of hydrogen-bond donors (Lipinski definition) is 4. The fourth-order valence-corrected chi connectivity index (χ4v) is 5.73. The Morgan fingerprint density at radius 2 is 1.38 bits per heavy atom. The summed E-state index contributed by atoms with van der Waals surface area (Å²) in [6.45, 7) is 3.08. The highest BCUT2D eigenvalue weighted by Gasteiger charge is 2.44. The van der Waals surface area contributed by atoms with Crippen LogP contribution in [0, 0.1) is 0 Å². The van der Waals surface area contributed by atoms with Gasteiger partial charge in [0.05, 0.1) is 22.2 Å². The molecule has 3 aromatic rings. The maximum absolute atomic E-state index is 9.96. The van der Waals surface area contributed by atoms with E-state index >= 15 is 0 Å². The van der Waals surface area contributed by atoms with Crippen molar-refractivity contribution in [1.29, 1.82) is 0 Å². The second-order valence-corrected chi connectivity index (χ2v) is 12.1. The number of rotatable bonds is 17. The molecule has 0 spiro atoms. The molecule has 4 N–H and O–H groups in total. The maximum Gasteiger partial charge on any atom is 0.168 e. The van der Waals surface area contributed by atoms with Crippen LogP contribution in [-0.4, -0.2) is 50.2 Å². The van der Waals surface area contributed by atoms with E-state index in [9.17, 15) is 10.2 Å². The Morgan fingerprint density at radius 3 is 1.93 bits per heavy atom. The van der Waals surface area contributed by atoms with Crippen LogP contribution in [0.4, 0.5) is 0 Å². The fourth-order valence-electron chi connectivity index (χ4n) is 5.37. The van der Waals surface area contributed by atoms with Gasteiger partial charge in [-0.3, -0.25) is 0 Å². The first-order valence-corrected chi connectivity index (χ1v) is 16.6. The van der Waals surface area contributed by atoms with E-state index in [4.69, 9.17) is 33.0 Å². The van der Waals surface area contributed by atoms with E-state index in [1.54, 1.807) is 12.1 Å². The molecule has 4 atom stereocenters. The van der Waals surface area contributed by atoms with Gasteiger partial charge < -0.3 is 25.0 Å². The first-order valence-electron chi connectivity index (χ1n) is 15.9. The van der Waals surface area contributed by atoms with E-state index in [0.29, 0.717) is 26.9 Å². The van der Waals surface area contributed by atoms with Crippen molar-refractivity contribution >= 4 is 34.2 Å². The van der Waals surface area contributed by atoms with Gasteiger partial charge in [0.15, 0.2) is 12.4 Å². The van der Waals surface area contributed by atoms with Gasteiger partial charge in [-0.05, 0) is 18.6 Å².